The molecular formula is C18H27BrN4O2. The average Bonchev–Trinajstić information content (AvgIpc) is 2.90. The molecule has 1 atom stereocenters. The van der Waals surface area contributed by atoms with Gasteiger partial charge < -0.3 is 15.2 Å². The standard InChI is InChI=1S/C18H27BrN4O2/c1-11(2)25-10-12(3)21-18-20-9-17-15(19)8-16(23(17)22-18)13-4-6-14(24)7-5-13/h8-9,11-14,24H,4-7,10H2,1-3H3,(H,21,22)/t12?,13-,14-. The fourth-order valence-electron chi connectivity index (χ4n) is 3.30. The molecule has 0 aliphatic heterocycles. The van der Waals surface area contributed by atoms with Gasteiger partial charge in [-0.3, -0.25) is 0 Å². The zero-order valence-corrected chi connectivity index (χ0v) is 16.7. The zero-order chi connectivity index (χ0) is 18.0. The summed E-state index contributed by atoms with van der Waals surface area (Å²) in [5.41, 5.74) is 2.16. The molecule has 1 fully saturated rings. The maximum Gasteiger partial charge on any atom is 0.241 e. The van der Waals surface area contributed by atoms with Crippen molar-refractivity contribution in [1.82, 2.24) is 14.6 Å². The Morgan fingerprint density at radius 2 is 2.04 bits per heavy atom. The van der Waals surface area contributed by atoms with Crippen molar-refractivity contribution in [3.05, 3.63) is 22.4 Å². The lowest BCUT2D eigenvalue weighted by molar-refractivity contribution is 0.0741. The van der Waals surface area contributed by atoms with E-state index >= 15 is 0 Å². The van der Waals surface area contributed by atoms with Crippen molar-refractivity contribution in [3.8, 4) is 0 Å². The number of aliphatic hydroxyl groups is 1. The van der Waals surface area contributed by atoms with Crippen LogP contribution in [-0.4, -0.2) is 44.6 Å². The highest BCUT2D eigenvalue weighted by Crippen LogP contribution is 2.36. The Bertz CT molecular complexity index is 710. The summed E-state index contributed by atoms with van der Waals surface area (Å²) in [6, 6.07) is 2.27. The lowest BCUT2D eigenvalue weighted by atomic mass is 9.85. The second kappa shape index (κ2) is 8.01. The third-order valence-corrected chi connectivity index (χ3v) is 5.30. The quantitative estimate of drug-likeness (QED) is 0.758. The Morgan fingerprint density at radius 3 is 2.72 bits per heavy atom. The fourth-order valence-corrected chi connectivity index (χ4v) is 3.81. The molecule has 138 valence electrons. The van der Waals surface area contributed by atoms with Crippen LogP contribution in [0, 0.1) is 0 Å². The molecule has 6 nitrogen and oxygen atoms in total. The van der Waals surface area contributed by atoms with Crippen molar-refractivity contribution in [3.63, 3.8) is 0 Å². The van der Waals surface area contributed by atoms with E-state index < -0.39 is 0 Å². The Kier molecular flexibility index (Phi) is 5.96. The maximum atomic E-state index is 9.76. The van der Waals surface area contributed by atoms with Crippen LogP contribution in [-0.2, 0) is 4.74 Å². The molecule has 25 heavy (non-hydrogen) atoms. The molecule has 2 aromatic heterocycles. The van der Waals surface area contributed by atoms with E-state index in [0.717, 1.165) is 35.7 Å². The number of halogens is 1. The molecule has 2 N–H and O–H groups in total. The average molecular weight is 411 g/mol. The first kappa shape index (κ1) is 18.6. The van der Waals surface area contributed by atoms with Gasteiger partial charge in [0.2, 0.25) is 5.95 Å². The summed E-state index contributed by atoms with van der Waals surface area (Å²) in [7, 11) is 0. The second-order valence-corrected chi connectivity index (χ2v) is 8.08. The number of hydrogen-bond donors (Lipinski definition) is 2. The molecule has 3 rings (SSSR count). The van der Waals surface area contributed by atoms with E-state index in [2.05, 4.69) is 39.2 Å². The molecule has 0 radical (unpaired) electrons. The number of fused-ring (bicyclic) bond motifs is 1. The van der Waals surface area contributed by atoms with Crippen molar-refractivity contribution < 1.29 is 9.84 Å². The van der Waals surface area contributed by atoms with Crippen LogP contribution in [0.3, 0.4) is 0 Å². The molecule has 0 saturated heterocycles. The Labute approximate surface area is 157 Å². The van der Waals surface area contributed by atoms with E-state index in [1.807, 2.05) is 24.6 Å². The molecule has 1 aliphatic rings. The molecule has 0 amide bonds. The number of anilines is 1. The molecule has 1 aliphatic carbocycles. The normalized spacial score (nSPS) is 22.5. The van der Waals surface area contributed by atoms with Crippen LogP contribution >= 0.6 is 15.9 Å². The van der Waals surface area contributed by atoms with Crippen molar-refractivity contribution in [2.24, 2.45) is 0 Å². The van der Waals surface area contributed by atoms with Gasteiger partial charge in [0.15, 0.2) is 0 Å². The summed E-state index contributed by atoms with van der Waals surface area (Å²) in [4.78, 5) is 4.44. The van der Waals surface area contributed by atoms with Crippen LogP contribution in [0.2, 0.25) is 0 Å². The van der Waals surface area contributed by atoms with Crippen molar-refractivity contribution in [1.29, 1.82) is 0 Å². The number of hydrogen-bond acceptors (Lipinski definition) is 5. The van der Waals surface area contributed by atoms with Crippen LogP contribution in [0.1, 0.15) is 58.1 Å². The first-order chi connectivity index (χ1) is 11.9. The smallest absolute Gasteiger partial charge is 0.241 e. The van der Waals surface area contributed by atoms with Gasteiger partial charge in [-0.2, -0.15) is 0 Å². The monoisotopic (exact) mass is 410 g/mol. The molecular weight excluding hydrogens is 384 g/mol. The van der Waals surface area contributed by atoms with Crippen LogP contribution in [0.15, 0.2) is 16.7 Å². The molecule has 2 heterocycles. The van der Waals surface area contributed by atoms with Gasteiger partial charge in [-0.1, -0.05) is 0 Å². The van der Waals surface area contributed by atoms with Crippen molar-refractivity contribution in [2.45, 2.75) is 70.6 Å². The Hall–Kier alpha value is -1.18. The first-order valence-electron chi connectivity index (χ1n) is 9.04. The molecule has 7 heteroatoms. The number of rotatable bonds is 6. The Balaban J connectivity index is 1.80. The summed E-state index contributed by atoms with van der Waals surface area (Å²) in [6.07, 6.45) is 5.60. The van der Waals surface area contributed by atoms with E-state index in [4.69, 9.17) is 9.84 Å². The van der Waals surface area contributed by atoms with E-state index in [9.17, 15) is 5.11 Å². The number of nitrogens with one attached hydrogen (secondary N) is 1. The topological polar surface area (TPSA) is 71.7 Å². The lowest BCUT2D eigenvalue weighted by Crippen LogP contribution is -2.25. The summed E-state index contributed by atoms with van der Waals surface area (Å²) in [6.45, 7) is 6.73. The van der Waals surface area contributed by atoms with Gasteiger partial charge in [0.05, 0.1) is 30.5 Å². The van der Waals surface area contributed by atoms with Crippen molar-refractivity contribution in [2.75, 3.05) is 11.9 Å². The van der Waals surface area contributed by atoms with Crippen LogP contribution < -0.4 is 5.32 Å². The van der Waals surface area contributed by atoms with Gasteiger partial charge in [-0.25, -0.2) is 9.50 Å². The molecule has 0 spiro atoms. The van der Waals surface area contributed by atoms with Gasteiger partial charge in [-0.05, 0) is 68.5 Å². The Morgan fingerprint density at radius 1 is 1.32 bits per heavy atom. The highest BCUT2D eigenvalue weighted by Gasteiger charge is 2.24. The lowest BCUT2D eigenvalue weighted by Gasteiger charge is -2.25. The van der Waals surface area contributed by atoms with Crippen LogP contribution in [0.25, 0.3) is 5.52 Å². The molecule has 0 aromatic carbocycles. The van der Waals surface area contributed by atoms with E-state index in [0.29, 0.717) is 18.5 Å². The molecule has 1 saturated carbocycles. The number of nitrogens with zero attached hydrogens (tertiary/aromatic N) is 3. The summed E-state index contributed by atoms with van der Waals surface area (Å²) >= 11 is 3.62. The highest BCUT2D eigenvalue weighted by molar-refractivity contribution is 9.10. The first-order valence-corrected chi connectivity index (χ1v) is 9.83. The zero-order valence-electron chi connectivity index (χ0n) is 15.1. The molecule has 2 aromatic rings. The number of aliphatic hydroxyl groups excluding tert-OH is 1. The van der Waals surface area contributed by atoms with E-state index in [-0.39, 0.29) is 18.2 Å². The van der Waals surface area contributed by atoms with Gasteiger partial charge in [0.25, 0.3) is 0 Å². The minimum Gasteiger partial charge on any atom is -0.393 e. The van der Waals surface area contributed by atoms with E-state index in [1.54, 1.807) is 0 Å². The minimum absolute atomic E-state index is 0.132. The summed E-state index contributed by atoms with van der Waals surface area (Å²) in [5.74, 6) is 1.03. The van der Waals surface area contributed by atoms with E-state index in [1.165, 1.54) is 5.69 Å². The highest BCUT2D eigenvalue weighted by atomic mass is 79.9. The largest absolute Gasteiger partial charge is 0.393 e. The van der Waals surface area contributed by atoms with Crippen LogP contribution in [0.5, 0.6) is 0 Å². The third kappa shape index (κ3) is 4.51. The molecule has 1 unspecified atom stereocenters. The van der Waals surface area contributed by atoms with Gasteiger partial charge in [-0.15, -0.1) is 5.10 Å². The van der Waals surface area contributed by atoms with Gasteiger partial charge >= 0.3 is 0 Å². The van der Waals surface area contributed by atoms with Gasteiger partial charge in [0, 0.05) is 22.1 Å². The molecule has 0 bridgehead atoms. The second-order valence-electron chi connectivity index (χ2n) is 7.23. The maximum absolute atomic E-state index is 9.76. The summed E-state index contributed by atoms with van der Waals surface area (Å²) in [5, 5.41) is 17.8. The van der Waals surface area contributed by atoms with Crippen LogP contribution in [0.4, 0.5) is 5.95 Å². The predicted molar refractivity (Wildman–Crippen MR) is 102 cm³/mol. The predicted octanol–water partition coefficient (Wildman–Crippen LogP) is 3.74. The van der Waals surface area contributed by atoms with Crippen molar-refractivity contribution >= 4 is 27.4 Å². The number of ether oxygens (including phenoxy) is 1. The fraction of sp³-hybridized carbons (Fsp3) is 0.667. The third-order valence-electron chi connectivity index (χ3n) is 4.67. The SMILES string of the molecule is CC(COC(C)C)Nc1ncc2c(Br)cc([C@H]3CC[C@H](O)CC3)n2n1. The summed E-state index contributed by atoms with van der Waals surface area (Å²) < 4.78 is 8.63. The van der Waals surface area contributed by atoms with Gasteiger partial charge in [0.1, 0.15) is 0 Å². The number of aromatic nitrogens is 3. The minimum atomic E-state index is -0.153.